The van der Waals surface area contributed by atoms with E-state index in [1.54, 1.807) is 0 Å². The molecular formula is C18H21NO2. The van der Waals surface area contributed by atoms with Crippen LogP contribution in [0.15, 0.2) is 60.7 Å². The summed E-state index contributed by atoms with van der Waals surface area (Å²) in [5.74, 6) is 0. The van der Waals surface area contributed by atoms with Crippen molar-refractivity contribution in [3.05, 3.63) is 71.8 Å². The van der Waals surface area contributed by atoms with E-state index in [4.69, 9.17) is 4.74 Å². The molecule has 0 amide bonds. The summed E-state index contributed by atoms with van der Waals surface area (Å²) in [6, 6.07) is 20.7. The fraction of sp³-hybridized carbons (Fsp3) is 0.333. The van der Waals surface area contributed by atoms with Crippen LogP contribution >= 0.6 is 0 Å². The van der Waals surface area contributed by atoms with Crippen molar-refractivity contribution in [1.82, 2.24) is 4.90 Å². The van der Waals surface area contributed by atoms with Gasteiger partial charge in [-0.25, -0.2) is 0 Å². The summed E-state index contributed by atoms with van der Waals surface area (Å²) in [4.78, 5) is 2.31. The highest BCUT2D eigenvalue weighted by Gasteiger charge is 2.32. The van der Waals surface area contributed by atoms with Crippen molar-refractivity contribution in [2.45, 2.75) is 18.8 Å². The lowest BCUT2D eigenvalue weighted by atomic mass is 10.1. The third-order valence-electron chi connectivity index (χ3n) is 3.91. The Bertz CT molecular complexity index is 544. The van der Waals surface area contributed by atoms with E-state index in [-0.39, 0.29) is 18.9 Å². The Morgan fingerprint density at radius 2 is 1.67 bits per heavy atom. The van der Waals surface area contributed by atoms with Crippen molar-refractivity contribution < 1.29 is 9.84 Å². The summed E-state index contributed by atoms with van der Waals surface area (Å²) < 4.78 is 5.97. The first kappa shape index (κ1) is 14.3. The van der Waals surface area contributed by atoms with Gasteiger partial charge in [0.1, 0.15) is 6.23 Å². The zero-order valence-electron chi connectivity index (χ0n) is 12.1. The van der Waals surface area contributed by atoms with Crippen molar-refractivity contribution >= 4 is 0 Å². The second-order valence-corrected chi connectivity index (χ2v) is 5.43. The van der Waals surface area contributed by atoms with Gasteiger partial charge in [0, 0.05) is 13.1 Å². The quantitative estimate of drug-likeness (QED) is 0.915. The molecule has 1 heterocycles. The molecule has 0 radical (unpaired) electrons. The molecule has 2 aromatic carbocycles. The average molecular weight is 283 g/mol. The number of nitrogens with zero attached hydrogens (tertiary/aromatic N) is 1. The molecule has 110 valence electrons. The minimum Gasteiger partial charge on any atom is -0.394 e. The number of ether oxygens (including phenoxy) is 1. The maximum Gasteiger partial charge on any atom is 0.137 e. The van der Waals surface area contributed by atoms with E-state index < -0.39 is 0 Å². The Morgan fingerprint density at radius 3 is 2.33 bits per heavy atom. The largest absolute Gasteiger partial charge is 0.394 e. The van der Waals surface area contributed by atoms with Crippen LogP contribution in [0, 0.1) is 0 Å². The molecule has 3 heteroatoms. The predicted molar refractivity (Wildman–Crippen MR) is 82.9 cm³/mol. The van der Waals surface area contributed by atoms with Gasteiger partial charge in [-0.3, -0.25) is 4.90 Å². The van der Waals surface area contributed by atoms with Gasteiger partial charge in [0.2, 0.25) is 0 Å². The fourth-order valence-corrected chi connectivity index (χ4v) is 2.80. The highest BCUT2D eigenvalue weighted by molar-refractivity contribution is 5.19. The van der Waals surface area contributed by atoms with E-state index >= 15 is 0 Å². The van der Waals surface area contributed by atoms with Gasteiger partial charge in [-0.15, -0.1) is 0 Å². The molecule has 0 aromatic heterocycles. The summed E-state index contributed by atoms with van der Waals surface area (Å²) >= 11 is 0. The lowest BCUT2D eigenvalue weighted by Gasteiger charge is -2.23. The molecular weight excluding hydrogens is 262 g/mol. The lowest BCUT2D eigenvalue weighted by Crippen LogP contribution is -2.27. The molecule has 1 saturated heterocycles. The van der Waals surface area contributed by atoms with Crippen molar-refractivity contribution in [1.29, 1.82) is 0 Å². The summed E-state index contributed by atoms with van der Waals surface area (Å²) in [6.07, 6.45) is 0.851. The highest BCUT2D eigenvalue weighted by Crippen LogP contribution is 2.30. The Labute approximate surface area is 125 Å². The molecule has 3 rings (SSSR count). The summed E-state index contributed by atoms with van der Waals surface area (Å²) in [7, 11) is 0. The van der Waals surface area contributed by atoms with Crippen LogP contribution in [0.5, 0.6) is 0 Å². The summed E-state index contributed by atoms with van der Waals surface area (Å²) in [5, 5.41) is 9.38. The number of aliphatic hydroxyl groups excluding tert-OH is 1. The number of hydrogen-bond acceptors (Lipinski definition) is 3. The SMILES string of the molecule is OCC1CN(CCc2ccccc2)C(c2ccccc2)O1. The second kappa shape index (κ2) is 6.85. The van der Waals surface area contributed by atoms with Gasteiger partial charge in [0.15, 0.2) is 0 Å². The van der Waals surface area contributed by atoms with Crippen LogP contribution in [0.1, 0.15) is 17.4 Å². The van der Waals surface area contributed by atoms with Gasteiger partial charge < -0.3 is 9.84 Å². The van der Waals surface area contributed by atoms with Gasteiger partial charge in [-0.05, 0) is 17.5 Å². The number of aliphatic hydroxyl groups is 1. The van der Waals surface area contributed by atoms with Crippen LogP contribution in [-0.2, 0) is 11.2 Å². The van der Waals surface area contributed by atoms with Crippen LogP contribution in [0.2, 0.25) is 0 Å². The van der Waals surface area contributed by atoms with E-state index in [2.05, 4.69) is 41.3 Å². The molecule has 1 fully saturated rings. The fourth-order valence-electron chi connectivity index (χ4n) is 2.80. The molecule has 0 bridgehead atoms. The minimum absolute atomic E-state index is 0.0490. The second-order valence-electron chi connectivity index (χ2n) is 5.43. The summed E-state index contributed by atoms with van der Waals surface area (Å²) in [6.45, 7) is 1.79. The Hall–Kier alpha value is -1.68. The van der Waals surface area contributed by atoms with Crippen molar-refractivity contribution in [2.24, 2.45) is 0 Å². The first-order valence-electron chi connectivity index (χ1n) is 7.46. The molecule has 21 heavy (non-hydrogen) atoms. The van der Waals surface area contributed by atoms with E-state index in [0.29, 0.717) is 0 Å². The third kappa shape index (κ3) is 3.50. The van der Waals surface area contributed by atoms with Gasteiger partial charge in [-0.1, -0.05) is 60.7 Å². The third-order valence-corrected chi connectivity index (χ3v) is 3.91. The predicted octanol–water partition coefficient (Wildman–Crippen LogP) is 2.62. The van der Waals surface area contributed by atoms with Gasteiger partial charge in [0.05, 0.1) is 12.7 Å². The van der Waals surface area contributed by atoms with E-state index in [1.807, 2.05) is 24.3 Å². The Kier molecular flexibility index (Phi) is 4.65. The van der Waals surface area contributed by atoms with Crippen molar-refractivity contribution in [3.8, 4) is 0 Å². The zero-order valence-corrected chi connectivity index (χ0v) is 12.1. The standard InChI is InChI=1S/C18H21NO2/c20-14-17-13-19(12-11-15-7-3-1-4-8-15)18(21-17)16-9-5-2-6-10-16/h1-10,17-18,20H,11-14H2. The molecule has 1 aliphatic rings. The lowest BCUT2D eigenvalue weighted by molar-refractivity contribution is -0.0193. The Morgan fingerprint density at radius 1 is 1.00 bits per heavy atom. The van der Waals surface area contributed by atoms with E-state index in [1.165, 1.54) is 5.56 Å². The normalized spacial score (nSPS) is 22.5. The molecule has 2 aromatic rings. The first-order valence-corrected chi connectivity index (χ1v) is 7.46. The van der Waals surface area contributed by atoms with Gasteiger partial charge >= 0.3 is 0 Å². The van der Waals surface area contributed by atoms with Crippen LogP contribution in [-0.4, -0.2) is 35.8 Å². The summed E-state index contributed by atoms with van der Waals surface area (Å²) in [5.41, 5.74) is 2.48. The molecule has 2 unspecified atom stereocenters. The molecule has 0 saturated carbocycles. The van der Waals surface area contributed by atoms with Gasteiger partial charge in [0.25, 0.3) is 0 Å². The smallest absolute Gasteiger partial charge is 0.137 e. The number of benzene rings is 2. The number of rotatable bonds is 5. The highest BCUT2D eigenvalue weighted by atomic mass is 16.5. The molecule has 1 aliphatic heterocycles. The Balaban J connectivity index is 1.69. The molecule has 0 spiro atoms. The van der Waals surface area contributed by atoms with Crippen LogP contribution in [0.4, 0.5) is 0 Å². The van der Waals surface area contributed by atoms with Crippen LogP contribution in [0.3, 0.4) is 0 Å². The van der Waals surface area contributed by atoms with Crippen molar-refractivity contribution in [3.63, 3.8) is 0 Å². The first-order chi connectivity index (χ1) is 10.4. The zero-order chi connectivity index (χ0) is 14.5. The van der Waals surface area contributed by atoms with E-state index in [0.717, 1.165) is 25.1 Å². The maximum atomic E-state index is 9.38. The maximum absolute atomic E-state index is 9.38. The average Bonchev–Trinajstić information content (AvgIpc) is 2.98. The molecule has 0 aliphatic carbocycles. The topological polar surface area (TPSA) is 32.7 Å². The molecule has 3 nitrogen and oxygen atoms in total. The molecule has 2 atom stereocenters. The monoisotopic (exact) mass is 283 g/mol. The van der Waals surface area contributed by atoms with Crippen molar-refractivity contribution in [2.75, 3.05) is 19.7 Å². The van der Waals surface area contributed by atoms with Gasteiger partial charge in [-0.2, -0.15) is 0 Å². The van der Waals surface area contributed by atoms with E-state index in [9.17, 15) is 5.11 Å². The number of hydrogen-bond donors (Lipinski definition) is 1. The molecule has 1 N–H and O–H groups in total. The minimum atomic E-state index is -0.0917. The van der Waals surface area contributed by atoms with Crippen LogP contribution < -0.4 is 0 Å². The van der Waals surface area contributed by atoms with Crippen LogP contribution in [0.25, 0.3) is 0 Å².